The number of unbranched alkanes of at least 4 members (excludes halogenated alkanes) is 16. The van der Waals surface area contributed by atoms with Crippen LogP contribution in [0.3, 0.4) is 0 Å². The normalized spacial score (nSPS) is 15.2. The lowest BCUT2D eigenvalue weighted by molar-refractivity contribution is -0.883. The predicted molar refractivity (Wildman–Crippen MR) is 146 cm³/mol. The van der Waals surface area contributed by atoms with E-state index in [1.54, 1.807) is 0 Å². The number of hydrogen-bond donors (Lipinski definition) is 1. The third kappa shape index (κ3) is 19.8. The number of nitrogens with zero attached hydrogens (tertiary/aromatic N) is 1. The van der Waals surface area contributed by atoms with Crippen molar-refractivity contribution in [2.24, 2.45) is 0 Å². The summed E-state index contributed by atoms with van der Waals surface area (Å²) < 4.78 is 18.4. The van der Waals surface area contributed by atoms with Crippen molar-refractivity contribution in [3.8, 4) is 0 Å². The molecule has 5 heteroatoms. The Balaban J connectivity index is 3.38. The predicted octanol–water partition coefficient (Wildman–Crippen LogP) is 9.23. The summed E-state index contributed by atoms with van der Waals surface area (Å²) in [7, 11) is 2.32. The quantitative estimate of drug-likeness (QED) is 0.0637. The van der Waals surface area contributed by atoms with Gasteiger partial charge in [-0.15, -0.1) is 0 Å². The highest BCUT2D eigenvalue weighted by Gasteiger charge is 2.41. The molecule has 0 aliphatic heterocycles. The largest absolute Gasteiger partial charge is 0.385 e. The van der Waals surface area contributed by atoms with E-state index < -0.39 is 7.60 Å². The number of hydrogen-bond acceptors (Lipinski definition) is 2. The van der Waals surface area contributed by atoms with Gasteiger partial charge < -0.3 is 13.9 Å². The van der Waals surface area contributed by atoms with Crippen molar-refractivity contribution in [2.75, 3.05) is 27.7 Å². The van der Waals surface area contributed by atoms with Crippen LogP contribution in [-0.2, 0) is 9.09 Å². The summed E-state index contributed by atoms with van der Waals surface area (Å²) in [5, 5.41) is 0. The Bertz CT molecular complexity index is 502. The third-order valence-electron chi connectivity index (χ3n) is 6.55. The van der Waals surface area contributed by atoms with Crippen LogP contribution in [0.2, 0.25) is 0 Å². The zero-order valence-electron chi connectivity index (χ0n) is 23.0. The molecular formula is C28H59NO3P+. The molecule has 2 unspecified atom stereocenters. The van der Waals surface area contributed by atoms with Crippen molar-refractivity contribution in [2.45, 2.75) is 142 Å². The highest BCUT2D eigenvalue weighted by Crippen LogP contribution is 2.51. The lowest BCUT2D eigenvalue weighted by Crippen LogP contribution is -2.44. The fraction of sp³-hybridized carbons (Fsp3) is 0.929. The molecule has 0 heterocycles. The maximum atomic E-state index is 12.5. The van der Waals surface area contributed by atoms with Crippen molar-refractivity contribution in [3.05, 3.63) is 12.2 Å². The molecule has 0 aliphatic rings. The molecule has 4 nitrogen and oxygen atoms in total. The minimum atomic E-state index is -3.55. The molecule has 0 amide bonds. The Morgan fingerprint density at radius 3 is 1.48 bits per heavy atom. The van der Waals surface area contributed by atoms with Crippen LogP contribution < -0.4 is 0 Å². The molecule has 0 saturated carbocycles. The topological polar surface area (TPSA) is 46.5 Å². The molecule has 0 fully saturated rings. The second-order valence-corrected chi connectivity index (χ2v) is 12.7. The lowest BCUT2D eigenvalue weighted by atomic mass is 10.0. The minimum absolute atomic E-state index is 0.347. The van der Waals surface area contributed by atoms with Gasteiger partial charge in [-0.25, -0.2) is 0 Å². The smallest absolute Gasteiger partial charge is 0.320 e. The van der Waals surface area contributed by atoms with Crippen LogP contribution in [0.25, 0.3) is 0 Å². The first kappa shape index (κ1) is 32.8. The van der Waals surface area contributed by atoms with E-state index in [9.17, 15) is 9.46 Å². The molecule has 0 saturated heterocycles. The Morgan fingerprint density at radius 1 is 0.697 bits per heavy atom. The van der Waals surface area contributed by atoms with Crippen LogP contribution in [0.5, 0.6) is 0 Å². The summed E-state index contributed by atoms with van der Waals surface area (Å²) >= 11 is 0. The van der Waals surface area contributed by atoms with Crippen molar-refractivity contribution in [1.82, 2.24) is 0 Å². The van der Waals surface area contributed by atoms with Gasteiger partial charge in [-0.3, -0.25) is 4.57 Å². The highest BCUT2D eigenvalue weighted by atomic mass is 31.2. The Hall–Kier alpha value is -0.150. The van der Waals surface area contributed by atoms with Crippen molar-refractivity contribution in [1.29, 1.82) is 0 Å². The van der Waals surface area contributed by atoms with E-state index in [1.165, 1.54) is 103 Å². The van der Waals surface area contributed by atoms with E-state index >= 15 is 0 Å². The van der Waals surface area contributed by atoms with Crippen LogP contribution in [0.1, 0.15) is 136 Å². The van der Waals surface area contributed by atoms with Crippen LogP contribution in [0.4, 0.5) is 0 Å². The third-order valence-corrected chi connectivity index (χ3v) is 8.91. The van der Waals surface area contributed by atoms with Gasteiger partial charge in [0.15, 0.2) is 5.78 Å². The van der Waals surface area contributed by atoms with Crippen molar-refractivity contribution in [3.63, 3.8) is 0 Å². The molecule has 0 aromatic rings. The first-order chi connectivity index (χ1) is 15.8. The van der Waals surface area contributed by atoms with E-state index in [4.69, 9.17) is 4.52 Å². The van der Waals surface area contributed by atoms with E-state index in [-0.39, 0.29) is 5.78 Å². The highest BCUT2D eigenvalue weighted by molar-refractivity contribution is 7.53. The molecule has 0 bridgehead atoms. The zero-order valence-corrected chi connectivity index (χ0v) is 23.9. The standard InChI is InChI=1S/C28H58NO3P/c1-6-8-9-10-11-12-13-14-15-16-17-18-19-20-21-22-23-24-25-26-27-32-33(30,31)28(7-2)29(3,4)5/h9-10,28H,6-8,11-27H2,1-5H3/p+1/b10-9-. The molecule has 0 spiro atoms. The van der Waals surface area contributed by atoms with Gasteiger partial charge in [-0.05, 0) is 25.7 Å². The number of quaternary nitrogens is 1. The van der Waals surface area contributed by atoms with Crippen LogP contribution in [0, 0.1) is 0 Å². The average molecular weight is 489 g/mol. The van der Waals surface area contributed by atoms with E-state index in [2.05, 4.69) is 19.1 Å². The fourth-order valence-electron chi connectivity index (χ4n) is 4.56. The fourth-order valence-corrected chi connectivity index (χ4v) is 6.46. The van der Waals surface area contributed by atoms with E-state index in [0.29, 0.717) is 17.5 Å². The molecule has 0 radical (unpaired) electrons. The molecule has 0 aliphatic carbocycles. The van der Waals surface area contributed by atoms with E-state index in [0.717, 1.165) is 12.8 Å². The summed E-state index contributed by atoms with van der Waals surface area (Å²) in [6.07, 6.45) is 28.9. The monoisotopic (exact) mass is 488 g/mol. The summed E-state index contributed by atoms with van der Waals surface area (Å²) in [5.41, 5.74) is 0. The van der Waals surface area contributed by atoms with Crippen LogP contribution in [0.15, 0.2) is 12.2 Å². The lowest BCUT2D eigenvalue weighted by Gasteiger charge is -2.35. The van der Waals surface area contributed by atoms with Gasteiger partial charge >= 0.3 is 7.60 Å². The Morgan fingerprint density at radius 2 is 1.09 bits per heavy atom. The maximum absolute atomic E-state index is 12.5. The molecule has 0 rings (SSSR count). The number of rotatable bonds is 24. The molecular weight excluding hydrogens is 429 g/mol. The second kappa shape index (κ2) is 21.2. The number of allylic oxidation sites excluding steroid dienone is 2. The summed E-state index contributed by atoms with van der Waals surface area (Å²) in [5.74, 6) is -0.347. The van der Waals surface area contributed by atoms with Gasteiger partial charge in [0.05, 0.1) is 27.7 Å². The van der Waals surface area contributed by atoms with Crippen molar-refractivity contribution >= 4 is 7.60 Å². The summed E-state index contributed by atoms with van der Waals surface area (Å²) in [6.45, 7) is 4.59. The summed E-state index contributed by atoms with van der Waals surface area (Å²) in [4.78, 5) is 10.3. The molecule has 0 aromatic carbocycles. The van der Waals surface area contributed by atoms with Gasteiger partial charge in [0.2, 0.25) is 0 Å². The zero-order chi connectivity index (χ0) is 24.8. The van der Waals surface area contributed by atoms with Gasteiger partial charge in [-0.1, -0.05) is 116 Å². The van der Waals surface area contributed by atoms with Gasteiger partial charge in [0.25, 0.3) is 0 Å². The minimum Gasteiger partial charge on any atom is -0.320 e. The van der Waals surface area contributed by atoms with E-state index in [1.807, 2.05) is 28.1 Å². The molecule has 33 heavy (non-hydrogen) atoms. The van der Waals surface area contributed by atoms with Crippen LogP contribution >= 0.6 is 7.60 Å². The SMILES string of the molecule is CCC/C=C\CCCCCCCCCCCCCCCCCOP(=O)(O)C(CC)[N+](C)(C)C. The first-order valence-corrected chi connectivity index (χ1v) is 15.8. The maximum Gasteiger partial charge on any atom is 0.385 e. The molecule has 2 atom stereocenters. The second-order valence-electron chi connectivity index (χ2n) is 10.8. The van der Waals surface area contributed by atoms with Crippen LogP contribution in [-0.4, -0.2) is 42.9 Å². The van der Waals surface area contributed by atoms with Gasteiger partial charge in [-0.2, -0.15) is 0 Å². The summed E-state index contributed by atoms with van der Waals surface area (Å²) in [6, 6.07) is 0. The van der Waals surface area contributed by atoms with Crippen molar-refractivity contribution < 1.29 is 18.5 Å². The van der Waals surface area contributed by atoms with Gasteiger partial charge in [0, 0.05) is 6.42 Å². The van der Waals surface area contributed by atoms with Gasteiger partial charge in [0.1, 0.15) is 0 Å². The Kier molecular flexibility index (Phi) is 21.1. The molecule has 198 valence electrons. The average Bonchev–Trinajstić information content (AvgIpc) is 2.74. The Labute approximate surface area is 207 Å². The molecule has 0 aromatic heterocycles. The molecule has 1 N–H and O–H groups in total. The first-order valence-electron chi connectivity index (χ1n) is 14.2.